The van der Waals surface area contributed by atoms with Gasteiger partial charge in [0.25, 0.3) is 5.91 Å². The molecule has 2 fully saturated rings. The first-order valence-electron chi connectivity index (χ1n) is 12.2. The van der Waals surface area contributed by atoms with E-state index in [1.54, 1.807) is 12.1 Å². The maximum absolute atomic E-state index is 15.6. The first-order valence-corrected chi connectivity index (χ1v) is 12.2. The van der Waals surface area contributed by atoms with E-state index in [-0.39, 0.29) is 53.7 Å². The largest absolute Gasteiger partial charge is 0.383 e. The summed E-state index contributed by atoms with van der Waals surface area (Å²) in [6.45, 7) is 1.87. The first kappa shape index (κ1) is 24.0. The molecule has 2 saturated heterocycles. The Labute approximate surface area is 215 Å². The van der Waals surface area contributed by atoms with Crippen molar-refractivity contribution in [2.45, 2.75) is 37.9 Å². The van der Waals surface area contributed by atoms with Gasteiger partial charge < -0.3 is 10.6 Å². The summed E-state index contributed by atoms with van der Waals surface area (Å²) in [5.41, 5.74) is 7.93. The second-order valence-electron chi connectivity index (χ2n) is 9.74. The molecule has 10 nitrogen and oxygen atoms in total. The van der Waals surface area contributed by atoms with Gasteiger partial charge >= 0.3 is 0 Å². The van der Waals surface area contributed by atoms with Gasteiger partial charge in [0.1, 0.15) is 23.5 Å². The lowest BCUT2D eigenvalue weighted by Gasteiger charge is -2.38. The molecular formula is C26H23F2N7O3. The number of nitrogens with one attached hydrogen (secondary N) is 1. The number of aromatic nitrogens is 3. The summed E-state index contributed by atoms with van der Waals surface area (Å²) >= 11 is 0. The summed E-state index contributed by atoms with van der Waals surface area (Å²) < 4.78 is 28.7. The quantitative estimate of drug-likeness (QED) is 0.487. The maximum Gasteiger partial charge on any atom is 0.255 e. The van der Waals surface area contributed by atoms with Crippen molar-refractivity contribution < 1.29 is 23.2 Å². The maximum atomic E-state index is 15.6. The molecule has 5 heterocycles. The smallest absolute Gasteiger partial charge is 0.255 e. The van der Waals surface area contributed by atoms with Crippen LogP contribution in [0.1, 0.15) is 46.1 Å². The lowest BCUT2D eigenvalue weighted by molar-refractivity contribution is -0.136. The molecule has 1 atom stereocenters. The minimum Gasteiger partial charge on any atom is -0.383 e. The van der Waals surface area contributed by atoms with Crippen LogP contribution in [0.3, 0.4) is 0 Å². The van der Waals surface area contributed by atoms with Crippen molar-refractivity contribution in [1.82, 2.24) is 30.1 Å². The van der Waals surface area contributed by atoms with E-state index in [1.165, 1.54) is 17.0 Å². The van der Waals surface area contributed by atoms with Gasteiger partial charge in [-0.25, -0.2) is 23.7 Å². The predicted octanol–water partition coefficient (Wildman–Crippen LogP) is 1.76. The molecule has 0 bridgehead atoms. The number of rotatable bonds is 5. The number of halogens is 2. The molecule has 194 valence electrons. The Morgan fingerprint density at radius 1 is 1.03 bits per heavy atom. The van der Waals surface area contributed by atoms with E-state index in [9.17, 15) is 18.8 Å². The van der Waals surface area contributed by atoms with Crippen molar-refractivity contribution in [3.63, 3.8) is 0 Å². The normalized spacial score (nSPS) is 19.9. The van der Waals surface area contributed by atoms with Crippen LogP contribution in [-0.2, 0) is 22.7 Å². The molecule has 3 aliphatic heterocycles. The Hall–Kier alpha value is -4.32. The number of carbonyl (C=O) groups excluding carboxylic acids is 3. The van der Waals surface area contributed by atoms with Gasteiger partial charge in [0.15, 0.2) is 5.82 Å². The highest BCUT2D eigenvalue weighted by Crippen LogP contribution is 2.35. The Morgan fingerprint density at radius 3 is 2.47 bits per heavy atom. The molecule has 3 aliphatic rings. The molecule has 0 radical (unpaired) electrons. The van der Waals surface area contributed by atoms with Gasteiger partial charge in [-0.3, -0.25) is 24.6 Å². The van der Waals surface area contributed by atoms with Crippen LogP contribution in [0.25, 0.3) is 11.3 Å². The number of pyridine rings is 1. The zero-order valence-electron chi connectivity index (χ0n) is 20.2. The fourth-order valence-electron chi connectivity index (χ4n) is 5.23. The van der Waals surface area contributed by atoms with Crippen molar-refractivity contribution in [2.75, 3.05) is 18.8 Å². The van der Waals surface area contributed by atoms with Gasteiger partial charge in [-0.05, 0) is 24.6 Å². The van der Waals surface area contributed by atoms with Crippen LogP contribution >= 0.6 is 0 Å². The summed E-state index contributed by atoms with van der Waals surface area (Å²) in [5, 5.41) is 2.24. The third-order valence-corrected chi connectivity index (χ3v) is 7.29. The van der Waals surface area contributed by atoms with E-state index in [0.717, 1.165) is 18.0 Å². The van der Waals surface area contributed by atoms with Crippen molar-refractivity contribution in [3.05, 3.63) is 70.8 Å². The Balaban J connectivity index is 1.16. The van der Waals surface area contributed by atoms with Crippen LogP contribution in [0.2, 0.25) is 0 Å². The zero-order chi connectivity index (χ0) is 26.6. The molecule has 0 spiro atoms. The number of benzene rings is 1. The van der Waals surface area contributed by atoms with E-state index < -0.39 is 29.5 Å². The van der Waals surface area contributed by atoms with E-state index in [0.29, 0.717) is 31.2 Å². The fourth-order valence-corrected chi connectivity index (χ4v) is 5.23. The number of likely N-dealkylation sites (tertiary alicyclic amines) is 1. The summed E-state index contributed by atoms with van der Waals surface area (Å²) in [6, 6.07) is 5.69. The number of anilines is 1. The SMILES string of the molecule is Nc1nc(-c2ccc3c(c2F)CN([C@@H]2CCC(=O)NC2=O)C3=O)ccc1CN1CC(c2ncc(F)cn2)C1. The highest BCUT2D eigenvalue weighted by atomic mass is 19.1. The molecule has 0 aliphatic carbocycles. The number of piperidine rings is 1. The van der Waals surface area contributed by atoms with Gasteiger partial charge in [-0.15, -0.1) is 0 Å². The average Bonchev–Trinajstić information content (AvgIpc) is 3.20. The second kappa shape index (κ2) is 9.21. The topological polar surface area (TPSA) is 134 Å². The molecule has 38 heavy (non-hydrogen) atoms. The standard InChI is InChI=1S/C26H23F2N7O3/c27-15-7-30-24(31-8-15)14-10-34(11-14)9-13-1-4-19(32-23(13)29)17-3-2-16-18(22(17)28)12-35(26(16)38)20-5-6-21(36)33-25(20)37/h1-4,7-8,14,20H,5-6,9-12H2,(H2,29,32)(H,33,36,37)/t20-/m1/s1. The van der Waals surface area contributed by atoms with E-state index >= 15 is 4.39 Å². The molecule has 3 N–H and O–H groups in total. The number of hydrogen-bond acceptors (Lipinski definition) is 8. The molecule has 0 saturated carbocycles. The van der Waals surface area contributed by atoms with Gasteiger partial charge in [-0.1, -0.05) is 6.07 Å². The van der Waals surface area contributed by atoms with Crippen LogP contribution in [0.4, 0.5) is 14.6 Å². The van der Waals surface area contributed by atoms with Crippen molar-refractivity contribution in [3.8, 4) is 11.3 Å². The number of fused-ring (bicyclic) bond motifs is 1. The molecule has 1 aromatic carbocycles. The summed E-state index contributed by atoms with van der Waals surface area (Å²) in [4.78, 5) is 52.6. The first-order chi connectivity index (χ1) is 18.3. The van der Waals surface area contributed by atoms with Gasteiger partial charge in [0.05, 0.1) is 24.6 Å². The van der Waals surface area contributed by atoms with Crippen molar-refractivity contribution >= 4 is 23.5 Å². The summed E-state index contributed by atoms with van der Waals surface area (Å²) in [7, 11) is 0. The number of nitrogens with zero attached hydrogens (tertiary/aromatic N) is 5. The zero-order valence-corrected chi connectivity index (χ0v) is 20.2. The predicted molar refractivity (Wildman–Crippen MR) is 130 cm³/mol. The van der Waals surface area contributed by atoms with Gasteiger partial charge in [0.2, 0.25) is 11.8 Å². The number of imide groups is 1. The van der Waals surface area contributed by atoms with Crippen LogP contribution in [-0.4, -0.2) is 61.6 Å². The summed E-state index contributed by atoms with van der Waals surface area (Å²) in [6.07, 6.45) is 2.64. The minimum absolute atomic E-state index is 0.0679. The third-order valence-electron chi connectivity index (χ3n) is 7.29. The Morgan fingerprint density at radius 2 is 1.76 bits per heavy atom. The lowest BCUT2D eigenvalue weighted by Crippen LogP contribution is -2.52. The Kier molecular flexibility index (Phi) is 5.83. The van der Waals surface area contributed by atoms with Gasteiger partial charge in [-0.2, -0.15) is 0 Å². The molecule has 2 aromatic heterocycles. The van der Waals surface area contributed by atoms with E-state index in [1.807, 2.05) is 0 Å². The fraction of sp³-hybridized carbons (Fsp3) is 0.308. The average molecular weight is 520 g/mol. The van der Waals surface area contributed by atoms with Gasteiger partial charge in [0, 0.05) is 54.2 Å². The number of nitrogens with two attached hydrogens (primary N) is 1. The highest BCUT2D eigenvalue weighted by molar-refractivity contribution is 6.05. The minimum atomic E-state index is -0.820. The molecule has 3 aromatic rings. The van der Waals surface area contributed by atoms with Crippen LogP contribution < -0.4 is 11.1 Å². The van der Waals surface area contributed by atoms with Crippen LogP contribution in [0.15, 0.2) is 36.7 Å². The lowest BCUT2D eigenvalue weighted by atomic mass is 9.98. The number of hydrogen-bond donors (Lipinski definition) is 2. The highest BCUT2D eigenvalue weighted by Gasteiger charge is 2.40. The monoisotopic (exact) mass is 519 g/mol. The third kappa shape index (κ3) is 4.16. The van der Waals surface area contributed by atoms with Crippen LogP contribution in [0.5, 0.6) is 0 Å². The molecule has 0 unspecified atom stereocenters. The molecule has 3 amide bonds. The number of nitrogen functional groups attached to an aromatic ring is 1. The van der Waals surface area contributed by atoms with Crippen LogP contribution in [0, 0.1) is 11.6 Å². The molecule has 6 rings (SSSR count). The molecule has 12 heteroatoms. The summed E-state index contributed by atoms with van der Waals surface area (Å²) in [5.74, 6) is -1.44. The number of carbonyl (C=O) groups is 3. The van der Waals surface area contributed by atoms with E-state index in [4.69, 9.17) is 5.73 Å². The van der Waals surface area contributed by atoms with Crippen molar-refractivity contribution in [2.24, 2.45) is 0 Å². The van der Waals surface area contributed by atoms with E-state index in [2.05, 4.69) is 25.2 Å². The second-order valence-corrected chi connectivity index (χ2v) is 9.74. The number of amides is 3. The van der Waals surface area contributed by atoms with Crippen molar-refractivity contribution in [1.29, 1.82) is 0 Å². The molecular weight excluding hydrogens is 496 g/mol. The Bertz CT molecular complexity index is 1470.